The minimum absolute atomic E-state index is 0.0344. The molecule has 0 atom stereocenters. The van der Waals surface area contributed by atoms with Gasteiger partial charge in [-0.05, 0) is 37.9 Å². The van der Waals surface area contributed by atoms with Crippen molar-refractivity contribution in [2.75, 3.05) is 6.54 Å². The summed E-state index contributed by atoms with van der Waals surface area (Å²) in [5, 5.41) is 3.38. The van der Waals surface area contributed by atoms with Gasteiger partial charge in [0, 0.05) is 13.0 Å². The molecule has 1 fully saturated rings. The molecule has 1 rings (SSSR count). The predicted octanol–water partition coefficient (Wildman–Crippen LogP) is 1.47. The second-order valence-corrected chi connectivity index (χ2v) is 4.65. The van der Waals surface area contributed by atoms with E-state index < -0.39 is 0 Å². The maximum Gasteiger partial charge on any atom is 0.238 e. The van der Waals surface area contributed by atoms with Crippen LogP contribution >= 0.6 is 12.2 Å². The first-order valence-corrected chi connectivity index (χ1v) is 6.46. The first-order chi connectivity index (χ1) is 7.72. The number of carbonyl (C=O) groups excluding carboxylic acids is 1. The average molecular weight is 243 g/mol. The molecule has 0 bridgehead atoms. The van der Waals surface area contributed by atoms with Crippen LogP contribution in [0.4, 0.5) is 0 Å². The largest absolute Gasteiger partial charge is 0.362 e. The van der Waals surface area contributed by atoms with Crippen molar-refractivity contribution < 1.29 is 4.79 Å². The molecule has 1 saturated carbocycles. The van der Waals surface area contributed by atoms with Gasteiger partial charge >= 0.3 is 0 Å². The Bertz CT molecular complexity index is 239. The third-order valence-corrected chi connectivity index (χ3v) is 3.10. The van der Waals surface area contributed by atoms with Gasteiger partial charge in [0.15, 0.2) is 5.11 Å². The molecule has 4 nitrogen and oxygen atoms in total. The molecule has 0 aliphatic heterocycles. The third-order valence-electron chi connectivity index (χ3n) is 2.85. The molecule has 5 heteroatoms. The number of thiocarbonyl (C=S) groups is 1. The van der Waals surface area contributed by atoms with Crippen molar-refractivity contribution in [2.45, 2.75) is 45.4 Å². The lowest BCUT2D eigenvalue weighted by Gasteiger charge is -2.21. The molecule has 0 saturated heterocycles. The van der Waals surface area contributed by atoms with E-state index in [1.54, 1.807) is 0 Å². The van der Waals surface area contributed by atoms with E-state index in [0.717, 1.165) is 6.54 Å². The summed E-state index contributed by atoms with van der Waals surface area (Å²) in [6, 6.07) is 0. The van der Waals surface area contributed by atoms with Gasteiger partial charge in [0.05, 0.1) is 0 Å². The van der Waals surface area contributed by atoms with Crippen LogP contribution in [0.2, 0.25) is 0 Å². The Balaban J connectivity index is 2.12. The molecule has 3 N–H and O–H groups in total. The van der Waals surface area contributed by atoms with Crippen LogP contribution in [0.1, 0.15) is 45.4 Å². The maximum atomic E-state index is 11.6. The van der Waals surface area contributed by atoms with Crippen LogP contribution in [0.15, 0.2) is 0 Å². The Morgan fingerprint density at radius 1 is 1.25 bits per heavy atom. The number of amides is 1. The van der Waals surface area contributed by atoms with Crippen LogP contribution in [0.3, 0.4) is 0 Å². The highest BCUT2D eigenvalue weighted by molar-refractivity contribution is 7.80. The van der Waals surface area contributed by atoms with E-state index in [4.69, 9.17) is 12.2 Å². The lowest BCUT2D eigenvalue weighted by Crippen LogP contribution is -2.47. The Morgan fingerprint density at radius 3 is 2.56 bits per heavy atom. The monoisotopic (exact) mass is 243 g/mol. The fraction of sp³-hybridized carbons (Fsp3) is 0.818. The second-order valence-electron chi connectivity index (χ2n) is 4.24. The summed E-state index contributed by atoms with van der Waals surface area (Å²) in [7, 11) is 0. The van der Waals surface area contributed by atoms with Gasteiger partial charge in [0.25, 0.3) is 0 Å². The molecule has 0 heterocycles. The van der Waals surface area contributed by atoms with Crippen molar-refractivity contribution in [3.05, 3.63) is 0 Å². The molecular formula is C11H21N3OS. The van der Waals surface area contributed by atoms with Crippen LogP contribution in [0.25, 0.3) is 0 Å². The minimum atomic E-state index is 0.0344. The van der Waals surface area contributed by atoms with E-state index in [1.165, 1.54) is 32.1 Å². The van der Waals surface area contributed by atoms with E-state index in [9.17, 15) is 4.79 Å². The van der Waals surface area contributed by atoms with E-state index >= 15 is 0 Å². The molecule has 1 aliphatic rings. The molecule has 0 aromatic carbocycles. The van der Waals surface area contributed by atoms with Crippen molar-refractivity contribution in [3.63, 3.8) is 0 Å². The van der Waals surface area contributed by atoms with Gasteiger partial charge in [0.2, 0.25) is 5.91 Å². The molecule has 1 aliphatic carbocycles. The normalized spacial score (nSPS) is 16.6. The van der Waals surface area contributed by atoms with Gasteiger partial charge < -0.3 is 5.32 Å². The molecule has 0 unspecified atom stereocenters. The summed E-state index contributed by atoms with van der Waals surface area (Å²) in [5.74, 6) is 0.593. The number of carbonyl (C=O) groups is 1. The highest BCUT2D eigenvalue weighted by atomic mass is 32.1. The standard InChI is InChI=1S/C11H21N3OS/c1-2-12-11(16)14-13-10(15)8-9-6-4-3-5-7-9/h9H,2-8H2,1H3,(H,13,15)(H2,12,14,16). The van der Waals surface area contributed by atoms with Gasteiger partial charge in [-0.1, -0.05) is 19.3 Å². The highest BCUT2D eigenvalue weighted by Gasteiger charge is 2.16. The summed E-state index contributed by atoms with van der Waals surface area (Å²) >= 11 is 4.94. The summed E-state index contributed by atoms with van der Waals surface area (Å²) in [5.41, 5.74) is 5.32. The Kier molecular flexibility index (Phi) is 6.15. The van der Waals surface area contributed by atoms with E-state index in [-0.39, 0.29) is 5.91 Å². The average Bonchev–Trinajstić information content (AvgIpc) is 2.28. The third kappa shape index (κ3) is 5.30. The predicted molar refractivity (Wildman–Crippen MR) is 68.7 cm³/mol. The molecule has 16 heavy (non-hydrogen) atoms. The van der Waals surface area contributed by atoms with Crippen LogP contribution < -0.4 is 16.2 Å². The van der Waals surface area contributed by atoms with Gasteiger partial charge in [-0.25, -0.2) is 0 Å². The number of hydrazine groups is 1. The molecule has 0 aromatic heterocycles. The fourth-order valence-corrected chi connectivity index (χ4v) is 2.23. The van der Waals surface area contributed by atoms with Gasteiger partial charge in [-0.15, -0.1) is 0 Å². The lowest BCUT2D eigenvalue weighted by molar-refractivity contribution is -0.122. The second kappa shape index (κ2) is 7.44. The lowest BCUT2D eigenvalue weighted by atomic mass is 9.87. The van der Waals surface area contributed by atoms with E-state index in [0.29, 0.717) is 17.5 Å². The molecule has 1 amide bonds. The van der Waals surface area contributed by atoms with Crippen molar-refractivity contribution in [1.82, 2.24) is 16.2 Å². The summed E-state index contributed by atoms with van der Waals surface area (Å²) < 4.78 is 0. The number of hydrogen-bond donors (Lipinski definition) is 3. The Labute approximate surface area is 103 Å². The van der Waals surface area contributed by atoms with Crippen LogP contribution in [-0.2, 0) is 4.79 Å². The van der Waals surface area contributed by atoms with Crippen LogP contribution in [0, 0.1) is 5.92 Å². The first-order valence-electron chi connectivity index (χ1n) is 6.05. The Hall–Kier alpha value is -0.840. The smallest absolute Gasteiger partial charge is 0.238 e. The topological polar surface area (TPSA) is 53.2 Å². The number of hydrogen-bond acceptors (Lipinski definition) is 2. The Morgan fingerprint density at radius 2 is 1.94 bits per heavy atom. The first kappa shape index (κ1) is 13.2. The van der Waals surface area contributed by atoms with E-state index in [2.05, 4.69) is 16.2 Å². The van der Waals surface area contributed by atoms with Crippen molar-refractivity contribution >= 4 is 23.2 Å². The fourth-order valence-electron chi connectivity index (χ4n) is 2.04. The molecule has 92 valence electrons. The van der Waals surface area contributed by atoms with Gasteiger partial charge in [-0.3, -0.25) is 15.6 Å². The molecule has 0 aromatic rings. The van der Waals surface area contributed by atoms with Crippen molar-refractivity contribution in [1.29, 1.82) is 0 Å². The SMILES string of the molecule is CCNC(=S)NNC(=O)CC1CCCCC1. The van der Waals surface area contributed by atoms with E-state index in [1.807, 2.05) is 6.92 Å². The summed E-state index contributed by atoms with van der Waals surface area (Å²) in [6.07, 6.45) is 6.83. The minimum Gasteiger partial charge on any atom is -0.362 e. The zero-order valence-corrected chi connectivity index (χ0v) is 10.7. The highest BCUT2D eigenvalue weighted by Crippen LogP contribution is 2.25. The zero-order valence-electron chi connectivity index (χ0n) is 9.84. The van der Waals surface area contributed by atoms with Crippen molar-refractivity contribution in [3.8, 4) is 0 Å². The molecular weight excluding hydrogens is 222 g/mol. The van der Waals surface area contributed by atoms with Crippen molar-refractivity contribution in [2.24, 2.45) is 5.92 Å². The molecule has 0 radical (unpaired) electrons. The quantitative estimate of drug-likeness (QED) is 0.519. The summed E-state index contributed by atoms with van der Waals surface area (Å²) in [4.78, 5) is 11.6. The van der Waals surface area contributed by atoms with Crippen LogP contribution in [0.5, 0.6) is 0 Å². The van der Waals surface area contributed by atoms with Crippen LogP contribution in [-0.4, -0.2) is 17.6 Å². The number of rotatable bonds is 3. The number of nitrogens with one attached hydrogen (secondary N) is 3. The van der Waals surface area contributed by atoms with Gasteiger partial charge in [0.1, 0.15) is 0 Å². The zero-order chi connectivity index (χ0) is 11.8. The maximum absolute atomic E-state index is 11.6. The van der Waals surface area contributed by atoms with Gasteiger partial charge in [-0.2, -0.15) is 0 Å². The molecule has 0 spiro atoms. The summed E-state index contributed by atoms with van der Waals surface area (Å²) in [6.45, 7) is 2.71.